The Hall–Kier alpha value is -0.296. The van der Waals surface area contributed by atoms with Crippen LogP contribution in [-0.2, 0) is 15.5 Å². The molecule has 1 rings (SSSR count). The lowest BCUT2D eigenvalue weighted by Crippen LogP contribution is -2.46. The van der Waals surface area contributed by atoms with E-state index < -0.39 is 16.6 Å². The summed E-state index contributed by atoms with van der Waals surface area (Å²) in [6.07, 6.45) is 4.69. The molecular weight excluding hydrogens is 356 g/mol. The van der Waals surface area contributed by atoms with Crippen molar-refractivity contribution >= 4 is 28.4 Å². The minimum atomic E-state index is -1.75. The molecular formula is C15H32N4O2SSi2. The Morgan fingerprint density at radius 2 is 1.71 bits per heavy atom. The molecule has 1 aromatic heterocycles. The van der Waals surface area contributed by atoms with E-state index in [0.29, 0.717) is 19.8 Å². The Bertz CT molecular complexity index is 475. The minimum Gasteiger partial charge on any atom is -0.455 e. The molecule has 0 fully saturated rings. The number of hydrogen-bond donors (Lipinski definition) is 2. The molecule has 0 unspecified atom stereocenters. The molecule has 1 aromatic rings. The zero-order valence-electron chi connectivity index (χ0n) is 15.4. The molecule has 0 aliphatic heterocycles. The first-order chi connectivity index (χ1) is 11.3. The average molecular weight is 389 g/mol. The van der Waals surface area contributed by atoms with Gasteiger partial charge in [0.25, 0.3) is 0 Å². The second-order valence-corrected chi connectivity index (χ2v) is 17.2. The maximum atomic E-state index is 6.55. The van der Waals surface area contributed by atoms with Crippen LogP contribution < -0.4 is 11.5 Å². The van der Waals surface area contributed by atoms with Crippen LogP contribution in [0.25, 0.3) is 0 Å². The molecule has 0 saturated heterocycles. The molecule has 0 bridgehead atoms. The highest BCUT2D eigenvalue weighted by Gasteiger charge is 2.32. The third-order valence-corrected chi connectivity index (χ3v) is 13.1. The Balaban J connectivity index is 2.45. The average Bonchev–Trinajstić information content (AvgIpc) is 2.52. The molecule has 0 aliphatic carbocycles. The maximum absolute atomic E-state index is 6.55. The fraction of sp³-hybridized carbons (Fsp3) is 0.733. The molecule has 0 atom stereocenters. The lowest BCUT2D eigenvalue weighted by atomic mass is 10.4. The van der Waals surface area contributed by atoms with Gasteiger partial charge in [-0.3, -0.25) is 0 Å². The van der Waals surface area contributed by atoms with Crippen LogP contribution in [0.15, 0.2) is 17.6 Å². The largest absolute Gasteiger partial charge is 0.455 e. The van der Waals surface area contributed by atoms with Crippen molar-refractivity contribution in [1.29, 1.82) is 0 Å². The van der Waals surface area contributed by atoms with Crippen LogP contribution >= 0.6 is 11.8 Å². The molecule has 24 heavy (non-hydrogen) atoms. The molecule has 1 heterocycles. The molecule has 0 aliphatic rings. The van der Waals surface area contributed by atoms with Crippen molar-refractivity contribution < 1.29 is 8.85 Å². The summed E-state index contributed by atoms with van der Waals surface area (Å²) in [5.74, 6) is 0. The van der Waals surface area contributed by atoms with Gasteiger partial charge in [-0.05, 0) is 45.2 Å². The van der Waals surface area contributed by atoms with E-state index in [2.05, 4.69) is 36.2 Å². The van der Waals surface area contributed by atoms with Crippen LogP contribution in [-0.4, -0.2) is 51.7 Å². The summed E-state index contributed by atoms with van der Waals surface area (Å²) in [6, 6.07) is 1.12. The fourth-order valence-electron chi connectivity index (χ4n) is 2.36. The van der Waals surface area contributed by atoms with Crippen LogP contribution in [0.4, 0.5) is 0 Å². The Kier molecular flexibility index (Phi) is 9.64. The van der Waals surface area contributed by atoms with Crippen molar-refractivity contribution in [1.82, 2.24) is 9.97 Å². The highest BCUT2D eigenvalue weighted by Crippen LogP contribution is 2.24. The van der Waals surface area contributed by atoms with E-state index >= 15 is 0 Å². The number of aromatic nitrogens is 2. The Morgan fingerprint density at radius 3 is 2.29 bits per heavy atom. The van der Waals surface area contributed by atoms with Gasteiger partial charge in [0.05, 0.1) is 13.2 Å². The fourth-order valence-corrected chi connectivity index (χ4v) is 12.7. The summed E-state index contributed by atoms with van der Waals surface area (Å²) in [7, 11) is -3.37. The summed E-state index contributed by atoms with van der Waals surface area (Å²) in [6.45, 7) is 11.4. The van der Waals surface area contributed by atoms with Gasteiger partial charge < -0.3 is 20.3 Å². The molecule has 9 heteroatoms. The number of hydrogen-bond acceptors (Lipinski definition) is 7. The van der Waals surface area contributed by atoms with Crippen LogP contribution in [0, 0.1) is 0 Å². The van der Waals surface area contributed by atoms with E-state index in [1.807, 2.05) is 12.4 Å². The van der Waals surface area contributed by atoms with Gasteiger partial charge in [0.2, 0.25) is 0 Å². The van der Waals surface area contributed by atoms with Crippen LogP contribution in [0.3, 0.4) is 0 Å². The van der Waals surface area contributed by atoms with E-state index in [4.69, 9.17) is 20.3 Å². The van der Waals surface area contributed by atoms with Crippen molar-refractivity contribution in [2.24, 2.45) is 11.5 Å². The molecule has 0 aromatic carbocycles. The topological polar surface area (TPSA) is 96.3 Å². The molecule has 0 spiro atoms. The van der Waals surface area contributed by atoms with E-state index in [0.717, 1.165) is 35.1 Å². The Labute approximate surface area is 152 Å². The standard InChI is InChI=1S/C15H32N4O2SSi2/c1-23(2,9-5-6-16)21-24(3,4)13-22-15-18-10-14(11-19-15)12-20-8-7-17/h10-11H,5-9,12-13,16-17H2,1-4H3. The van der Waals surface area contributed by atoms with Crippen molar-refractivity contribution in [3.8, 4) is 0 Å². The van der Waals surface area contributed by atoms with Gasteiger partial charge in [-0.15, -0.1) is 0 Å². The van der Waals surface area contributed by atoms with Crippen LogP contribution in [0.5, 0.6) is 0 Å². The SMILES string of the molecule is C[Si](C)(CCCN)O[Si](C)(C)CSc1ncc(COCCN)cn1. The third kappa shape index (κ3) is 9.26. The Morgan fingerprint density at radius 1 is 1.04 bits per heavy atom. The summed E-state index contributed by atoms with van der Waals surface area (Å²) < 4.78 is 11.9. The maximum Gasteiger partial charge on any atom is 0.187 e. The first-order valence-electron chi connectivity index (χ1n) is 8.40. The molecule has 0 amide bonds. The lowest BCUT2D eigenvalue weighted by Gasteiger charge is -2.33. The highest BCUT2D eigenvalue weighted by molar-refractivity contribution is 8.00. The van der Waals surface area contributed by atoms with Gasteiger partial charge >= 0.3 is 0 Å². The second-order valence-electron chi connectivity index (χ2n) is 7.02. The smallest absolute Gasteiger partial charge is 0.187 e. The van der Waals surface area contributed by atoms with Gasteiger partial charge in [0.1, 0.15) is 0 Å². The number of rotatable bonds is 12. The highest BCUT2D eigenvalue weighted by atomic mass is 32.2. The van der Waals surface area contributed by atoms with E-state index in [-0.39, 0.29) is 0 Å². The predicted octanol–water partition coefficient (Wildman–Crippen LogP) is 2.36. The summed E-state index contributed by atoms with van der Waals surface area (Å²) in [4.78, 5) is 8.82. The lowest BCUT2D eigenvalue weighted by molar-refractivity contribution is 0.127. The quantitative estimate of drug-likeness (QED) is 0.245. The van der Waals surface area contributed by atoms with Crippen molar-refractivity contribution in [3.63, 3.8) is 0 Å². The number of nitrogens with zero attached hydrogens (tertiary/aromatic N) is 2. The summed E-state index contributed by atoms with van der Waals surface area (Å²) in [5.41, 5.74) is 12.0. The zero-order chi connectivity index (χ0) is 18.1. The summed E-state index contributed by atoms with van der Waals surface area (Å²) in [5, 5.41) is 1.75. The van der Waals surface area contributed by atoms with Gasteiger partial charge in [-0.2, -0.15) is 0 Å². The van der Waals surface area contributed by atoms with Crippen molar-refractivity contribution in [3.05, 3.63) is 18.0 Å². The molecule has 138 valence electrons. The van der Waals surface area contributed by atoms with Crippen LogP contribution in [0.2, 0.25) is 32.2 Å². The first-order valence-corrected chi connectivity index (χ1v) is 15.6. The monoisotopic (exact) mass is 388 g/mol. The van der Waals surface area contributed by atoms with Gasteiger partial charge in [-0.1, -0.05) is 11.8 Å². The van der Waals surface area contributed by atoms with Crippen molar-refractivity contribution in [2.45, 2.75) is 50.4 Å². The normalized spacial score (nSPS) is 12.6. The molecule has 6 nitrogen and oxygen atoms in total. The molecule has 4 N–H and O–H groups in total. The third-order valence-electron chi connectivity index (χ3n) is 3.30. The zero-order valence-corrected chi connectivity index (χ0v) is 18.2. The number of nitrogens with two attached hydrogens (primary N) is 2. The van der Waals surface area contributed by atoms with E-state index in [1.54, 1.807) is 11.8 Å². The summed E-state index contributed by atoms with van der Waals surface area (Å²) >= 11 is 1.68. The first kappa shape index (κ1) is 21.7. The van der Waals surface area contributed by atoms with Gasteiger partial charge in [0, 0.05) is 29.9 Å². The van der Waals surface area contributed by atoms with E-state index in [9.17, 15) is 0 Å². The molecule has 0 saturated carbocycles. The van der Waals surface area contributed by atoms with Crippen molar-refractivity contribution in [2.75, 3.05) is 25.1 Å². The number of thioether (sulfide) groups is 1. The second kappa shape index (κ2) is 10.6. The van der Waals surface area contributed by atoms with Gasteiger partial charge in [0.15, 0.2) is 21.8 Å². The van der Waals surface area contributed by atoms with Gasteiger partial charge in [-0.25, -0.2) is 9.97 Å². The predicted molar refractivity (Wildman–Crippen MR) is 106 cm³/mol. The number of ether oxygens (including phenoxy) is 1. The van der Waals surface area contributed by atoms with E-state index in [1.165, 1.54) is 0 Å². The van der Waals surface area contributed by atoms with Crippen LogP contribution in [0.1, 0.15) is 12.0 Å². The minimum absolute atomic E-state index is 0.506. The molecule has 0 radical (unpaired) electrons.